The fraction of sp³-hybridized carbons (Fsp3) is 0.333. The fourth-order valence-corrected chi connectivity index (χ4v) is 2.89. The second-order valence-corrected chi connectivity index (χ2v) is 6.80. The maximum atomic E-state index is 13.2. The van der Waals surface area contributed by atoms with E-state index in [0.29, 0.717) is 17.1 Å². The molecule has 0 bridgehead atoms. The summed E-state index contributed by atoms with van der Waals surface area (Å²) in [6, 6.07) is 11.1. The smallest absolute Gasteiger partial charge is 0.238 e. The van der Waals surface area contributed by atoms with E-state index < -0.39 is 0 Å². The zero-order valence-corrected chi connectivity index (χ0v) is 16.5. The molecule has 0 aromatic heterocycles. The minimum absolute atomic E-state index is 0.0632. The molecule has 0 unspecified atom stereocenters. The maximum absolute atomic E-state index is 13.2. The topological polar surface area (TPSA) is 79.5 Å². The molecule has 0 saturated heterocycles. The van der Waals surface area contributed by atoms with Crippen molar-refractivity contribution in [3.63, 3.8) is 0 Å². The van der Waals surface area contributed by atoms with Crippen LogP contribution >= 0.6 is 0 Å². The van der Waals surface area contributed by atoms with E-state index in [0.717, 1.165) is 5.56 Å². The van der Waals surface area contributed by atoms with Gasteiger partial charge in [0.25, 0.3) is 0 Å². The number of amides is 2. The van der Waals surface area contributed by atoms with Crippen LogP contribution in [0.15, 0.2) is 42.5 Å². The van der Waals surface area contributed by atoms with Crippen LogP contribution in [0.1, 0.15) is 32.4 Å². The minimum atomic E-state index is -0.296. The standard InChI is InChI=1S/C21H26FN3O3/c1-13(2)21(15-5-7-16(22)8-6-15)23-12-20(27)25-18-11-17(24-14(3)26)9-10-19(18)28-4/h5-11,13,21,23H,12H2,1-4H3,(H,24,26)(H,25,27)/t21-/m0/s1. The zero-order chi connectivity index (χ0) is 20.7. The Hall–Kier alpha value is -2.93. The molecule has 0 aliphatic rings. The average molecular weight is 387 g/mol. The molecule has 2 amide bonds. The van der Waals surface area contributed by atoms with Crippen molar-refractivity contribution in [3.8, 4) is 5.75 Å². The Balaban J connectivity index is 2.06. The molecule has 28 heavy (non-hydrogen) atoms. The number of hydrogen-bond acceptors (Lipinski definition) is 4. The van der Waals surface area contributed by atoms with Gasteiger partial charge >= 0.3 is 0 Å². The van der Waals surface area contributed by atoms with Crippen molar-refractivity contribution in [2.75, 3.05) is 24.3 Å². The van der Waals surface area contributed by atoms with Gasteiger partial charge in [0.05, 0.1) is 19.3 Å². The molecule has 2 aromatic rings. The third-order valence-corrected chi connectivity index (χ3v) is 4.17. The van der Waals surface area contributed by atoms with Gasteiger partial charge < -0.3 is 20.7 Å². The van der Waals surface area contributed by atoms with Crippen molar-refractivity contribution in [2.45, 2.75) is 26.8 Å². The molecule has 1 atom stereocenters. The number of benzene rings is 2. The summed E-state index contributed by atoms with van der Waals surface area (Å²) in [5.74, 6) is -0.0679. The summed E-state index contributed by atoms with van der Waals surface area (Å²) < 4.78 is 18.4. The van der Waals surface area contributed by atoms with Crippen LogP contribution < -0.4 is 20.7 Å². The molecule has 0 radical (unpaired) electrons. The van der Waals surface area contributed by atoms with Crippen LogP contribution in [-0.2, 0) is 9.59 Å². The molecule has 0 saturated carbocycles. The highest BCUT2D eigenvalue weighted by Gasteiger charge is 2.17. The highest BCUT2D eigenvalue weighted by molar-refractivity contribution is 5.95. The molecule has 2 aromatic carbocycles. The van der Waals surface area contributed by atoms with E-state index in [2.05, 4.69) is 16.0 Å². The first-order chi connectivity index (χ1) is 13.3. The summed E-state index contributed by atoms with van der Waals surface area (Å²) in [6.07, 6.45) is 0. The van der Waals surface area contributed by atoms with Crippen molar-refractivity contribution >= 4 is 23.2 Å². The summed E-state index contributed by atoms with van der Waals surface area (Å²) in [4.78, 5) is 23.7. The Labute approximate surface area is 164 Å². The normalized spacial score (nSPS) is 11.8. The first-order valence-electron chi connectivity index (χ1n) is 9.04. The lowest BCUT2D eigenvalue weighted by Gasteiger charge is -2.23. The predicted molar refractivity (Wildman–Crippen MR) is 108 cm³/mol. The number of anilines is 2. The van der Waals surface area contributed by atoms with Gasteiger partial charge in [0.2, 0.25) is 11.8 Å². The highest BCUT2D eigenvalue weighted by atomic mass is 19.1. The molecular weight excluding hydrogens is 361 g/mol. The first-order valence-corrected chi connectivity index (χ1v) is 9.04. The molecule has 150 valence electrons. The second-order valence-electron chi connectivity index (χ2n) is 6.80. The lowest BCUT2D eigenvalue weighted by molar-refractivity contribution is -0.116. The van der Waals surface area contributed by atoms with Crippen LogP contribution in [0.5, 0.6) is 5.75 Å². The Morgan fingerprint density at radius 3 is 2.32 bits per heavy atom. The lowest BCUT2D eigenvalue weighted by atomic mass is 9.96. The van der Waals surface area contributed by atoms with Gasteiger partial charge in [0, 0.05) is 18.7 Å². The summed E-state index contributed by atoms with van der Waals surface area (Å²) in [5.41, 5.74) is 1.93. The third kappa shape index (κ3) is 6.06. The van der Waals surface area contributed by atoms with Crippen molar-refractivity contribution in [1.29, 1.82) is 0 Å². The molecule has 3 N–H and O–H groups in total. The largest absolute Gasteiger partial charge is 0.495 e. The van der Waals surface area contributed by atoms with Gasteiger partial charge in [-0.2, -0.15) is 0 Å². The van der Waals surface area contributed by atoms with Crippen LogP contribution in [0.25, 0.3) is 0 Å². The van der Waals surface area contributed by atoms with Crippen LogP contribution in [0.3, 0.4) is 0 Å². The van der Waals surface area contributed by atoms with Crippen LogP contribution in [0, 0.1) is 11.7 Å². The average Bonchev–Trinajstić information content (AvgIpc) is 2.63. The Kier molecular flexibility index (Phi) is 7.52. The number of nitrogens with one attached hydrogen (secondary N) is 3. The number of rotatable bonds is 8. The molecule has 0 aliphatic heterocycles. The Bertz CT molecular complexity index is 822. The molecule has 0 fully saturated rings. The minimum Gasteiger partial charge on any atom is -0.495 e. The van der Waals surface area contributed by atoms with Crippen molar-refractivity contribution < 1.29 is 18.7 Å². The predicted octanol–water partition coefficient (Wildman–Crippen LogP) is 3.72. The summed E-state index contributed by atoms with van der Waals surface area (Å²) in [6.45, 7) is 5.53. The van der Waals surface area contributed by atoms with E-state index in [9.17, 15) is 14.0 Å². The highest BCUT2D eigenvalue weighted by Crippen LogP contribution is 2.28. The van der Waals surface area contributed by atoms with Crippen LogP contribution in [-0.4, -0.2) is 25.5 Å². The van der Waals surface area contributed by atoms with Crippen molar-refractivity contribution in [3.05, 3.63) is 53.8 Å². The molecule has 0 heterocycles. The molecule has 0 aliphatic carbocycles. The van der Waals surface area contributed by atoms with Crippen molar-refractivity contribution in [1.82, 2.24) is 5.32 Å². The van der Waals surface area contributed by atoms with Gasteiger partial charge in [0.1, 0.15) is 11.6 Å². The molecule has 6 nitrogen and oxygen atoms in total. The molecule has 0 spiro atoms. The fourth-order valence-electron chi connectivity index (χ4n) is 2.89. The van der Waals surface area contributed by atoms with Gasteiger partial charge in [-0.05, 0) is 41.8 Å². The van der Waals surface area contributed by atoms with Crippen molar-refractivity contribution in [2.24, 2.45) is 5.92 Å². The van der Waals surface area contributed by atoms with Gasteiger partial charge in [-0.15, -0.1) is 0 Å². The quantitative estimate of drug-likeness (QED) is 0.645. The van der Waals surface area contributed by atoms with Crippen LogP contribution in [0.2, 0.25) is 0 Å². The van der Waals surface area contributed by atoms with Gasteiger partial charge in [-0.25, -0.2) is 4.39 Å². The number of carbonyl (C=O) groups is 2. The molecule has 7 heteroatoms. The Morgan fingerprint density at radius 1 is 1.07 bits per heavy atom. The maximum Gasteiger partial charge on any atom is 0.238 e. The van der Waals surface area contributed by atoms with E-state index >= 15 is 0 Å². The number of carbonyl (C=O) groups excluding carboxylic acids is 2. The number of ether oxygens (including phenoxy) is 1. The third-order valence-electron chi connectivity index (χ3n) is 4.17. The summed E-state index contributed by atoms with van der Waals surface area (Å²) in [7, 11) is 1.50. The van der Waals surface area contributed by atoms with E-state index in [1.165, 1.54) is 26.2 Å². The van der Waals surface area contributed by atoms with Gasteiger partial charge in [0.15, 0.2) is 0 Å². The first kappa shape index (κ1) is 21.4. The molecular formula is C21H26FN3O3. The monoisotopic (exact) mass is 387 g/mol. The van der Waals surface area contributed by atoms with Gasteiger partial charge in [-0.3, -0.25) is 9.59 Å². The lowest BCUT2D eigenvalue weighted by Crippen LogP contribution is -2.33. The Morgan fingerprint density at radius 2 is 1.75 bits per heavy atom. The van der Waals surface area contributed by atoms with Crippen LogP contribution in [0.4, 0.5) is 15.8 Å². The number of methoxy groups -OCH3 is 1. The second kappa shape index (κ2) is 9.85. The SMILES string of the molecule is COc1ccc(NC(C)=O)cc1NC(=O)CN[C@H](c1ccc(F)cc1)C(C)C. The van der Waals surface area contributed by atoms with E-state index in [1.54, 1.807) is 30.3 Å². The van der Waals surface area contributed by atoms with E-state index in [4.69, 9.17) is 4.74 Å². The summed E-state index contributed by atoms with van der Waals surface area (Å²) >= 11 is 0. The van der Waals surface area contributed by atoms with E-state index in [1.807, 2.05) is 13.8 Å². The number of hydrogen-bond donors (Lipinski definition) is 3. The molecule has 2 rings (SSSR count). The summed E-state index contributed by atoms with van der Waals surface area (Å²) in [5, 5.41) is 8.68. The number of halogens is 1. The van der Waals surface area contributed by atoms with Gasteiger partial charge in [-0.1, -0.05) is 26.0 Å². The zero-order valence-electron chi connectivity index (χ0n) is 16.5. The van der Waals surface area contributed by atoms with E-state index in [-0.39, 0.29) is 36.1 Å².